The number of benzene rings is 1. The van der Waals surface area contributed by atoms with Gasteiger partial charge in [0.2, 0.25) is 0 Å². The number of aliphatic hydroxyl groups excluding tert-OH is 1. The number of rotatable bonds is 3. The SMILES string of the molecule is Cc1cc(C)c(CC(O)C2C(C)(C)C2(C)C)c(C)c1. The molecule has 1 aliphatic carbocycles. The van der Waals surface area contributed by atoms with Crippen molar-refractivity contribution in [1.29, 1.82) is 0 Å². The summed E-state index contributed by atoms with van der Waals surface area (Å²) in [4.78, 5) is 0. The van der Waals surface area contributed by atoms with E-state index in [0.717, 1.165) is 6.42 Å². The Balaban J connectivity index is 2.20. The summed E-state index contributed by atoms with van der Waals surface area (Å²) >= 11 is 0. The largest absolute Gasteiger partial charge is 0.392 e. The molecule has 0 radical (unpaired) electrons. The Kier molecular flexibility index (Phi) is 3.33. The van der Waals surface area contributed by atoms with Gasteiger partial charge < -0.3 is 5.11 Å². The minimum Gasteiger partial charge on any atom is -0.392 e. The fourth-order valence-electron chi connectivity index (χ4n) is 4.07. The highest BCUT2D eigenvalue weighted by atomic mass is 16.3. The van der Waals surface area contributed by atoms with Gasteiger partial charge in [-0.2, -0.15) is 0 Å². The summed E-state index contributed by atoms with van der Waals surface area (Å²) < 4.78 is 0. The normalized spacial score (nSPS) is 22.3. The molecule has 0 aromatic heterocycles. The molecule has 1 N–H and O–H groups in total. The second-order valence-electron chi connectivity index (χ2n) is 7.57. The lowest BCUT2D eigenvalue weighted by Gasteiger charge is -2.17. The van der Waals surface area contributed by atoms with E-state index in [1.54, 1.807) is 0 Å². The van der Waals surface area contributed by atoms with Crippen molar-refractivity contribution in [2.24, 2.45) is 16.7 Å². The van der Waals surface area contributed by atoms with Crippen LogP contribution in [0.3, 0.4) is 0 Å². The van der Waals surface area contributed by atoms with Crippen molar-refractivity contribution in [2.75, 3.05) is 0 Å². The molecule has 0 bridgehead atoms. The van der Waals surface area contributed by atoms with Gasteiger partial charge in [0, 0.05) is 0 Å². The van der Waals surface area contributed by atoms with Crippen molar-refractivity contribution >= 4 is 0 Å². The van der Waals surface area contributed by atoms with Crippen LogP contribution in [-0.2, 0) is 6.42 Å². The number of hydrogen-bond donors (Lipinski definition) is 1. The van der Waals surface area contributed by atoms with E-state index in [2.05, 4.69) is 60.6 Å². The molecule has 1 aromatic carbocycles. The summed E-state index contributed by atoms with van der Waals surface area (Å²) in [6.07, 6.45) is 0.556. The zero-order valence-electron chi connectivity index (χ0n) is 13.5. The molecule has 1 saturated carbocycles. The average molecular weight is 260 g/mol. The fraction of sp³-hybridized carbons (Fsp3) is 0.667. The molecule has 1 heteroatoms. The molecule has 1 atom stereocenters. The first kappa shape index (κ1) is 14.6. The molecule has 1 aliphatic rings. The Morgan fingerprint density at radius 3 is 1.79 bits per heavy atom. The Hall–Kier alpha value is -0.820. The molecule has 0 amide bonds. The van der Waals surface area contributed by atoms with Gasteiger partial charge in [0.1, 0.15) is 0 Å². The molecule has 0 saturated heterocycles. The van der Waals surface area contributed by atoms with Crippen molar-refractivity contribution in [3.63, 3.8) is 0 Å². The second kappa shape index (κ2) is 4.34. The van der Waals surface area contributed by atoms with E-state index in [1.165, 1.54) is 22.3 Å². The third-order valence-electron chi connectivity index (χ3n) is 5.77. The quantitative estimate of drug-likeness (QED) is 0.863. The molecular weight excluding hydrogens is 232 g/mol. The summed E-state index contributed by atoms with van der Waals surface area (Å²) in [5.74, 6) is 0.403. The standard InChI is InChI=1S/C18H28O/c1-11-8-12(2)14(13(3)9-11)10-15(19)16-17(4,5)18(16,6)7/h8-9,15-16,19H,10H2,1-7H3. The van der Waals surface area contributed by atoms with Gasteiger partial charge in [-0.05, 0) is 60.6 Å². The lowest BCUT2D eigenvalue weighted by Crippen LogP contribution is -2.18. The van der Waals surface area contributed by atoms with Gasteiger partial charge in [0.15, 0.2) is 0 Å². The number of hydrogen-bond acceptors (Lipinski definition) is 1. The highest BCUT2D eigenvalue weighted by molar-refractivity contribution is 5.38. The molecule has 0 spiro atoms. The highest BCUT2D eigenvalue weighted by Crippen LogP contribution is 2.69. The van der Waals surface area contributed by atoms with E-state index in [9.17, 15) is 5.11 Å². The van der Waals surface area contributed by atoms with Gasteiger partial charge >= 0.3 is 0 Å². The van der Waals surface area contributed by atoms with E-state index in [0.29, 0.717) is 5.92 Å². The fourth-order valence-corrected chi connectivity index (χ4v) is 4.07. The second-order valence-corrected chi connectivity index (χ2v) is 7.57. The minimum absolute atomic E-state index is 0.231. The van der Waals surface area contributed by atoms with E-state index in [1.807, 2.05) is 0 Å². The first-order valence-electron chi connectivity index (χ1n) is 7.34. The highest BCUT2D eigenvalue weighted by Gasteiger charge is 2.66. The van der Waals surface area contributed by atoms with Crippen LogP contribution in [0.5, 0.6) is 0 Å². The molecule has 1 fully saturated rings. The van der Waals surface area contributed by atoms with Crippen LogP contribution in [0.2, 0.25) is 0 Å². The Morgan fingerprint density at radius 2 is 1.42 bits per heavy atom. The van der Waals surface area contributed by atoms with Crippen LogP contribution in [0.4, 0.5) is 0 Å². The van der Waals surface area contributed by atoms with Gasteiger partial charge in [-0.3, -0.25) is 0 Å². The predicted molar refractivity (Wildman–Crippen MR) is 81.4 cm³/mol. The average Bonchev–Trinajstić information content (AvgIpc) is 2.63. The molecule has 1 aromatic rings. The van der Waals surface area contributed by atoms with E-state index >= 15 is 0 Å². The Labute approximate surface area is 118 Å². The van der Waals surface area contributed by atoms with E-state index in [4.69, 9.17) is 0 Å². The van der Waals surface area contributed by atoms with Gasteiger partial charge in [0.05, 0.1) is 6.10 Å². The first-order chi connectivity index (χ1) is 8.59. The first-order valence-corrected chi connectivity index (χ1v) is 7.34. The maximum Gasteiger partial charge on any atom is 0.0619 e. The Morgan fingerprint density at radius 1 is 1.00 bits per heavy atom. The van der Waals surface area contributed by atoms with Gasteiger partial charge in [0.25, 0.3) is 0 Å². The van der Waals surface area contributed by atoms with Crippen LogP contribution >= 0.6 is 0 Å². The van der Waals surface area contributed by atoms with Gasteiger partial charge in [-0.25, -0.2) is 0 Å². The van der Waals surface area contributed by atoms with Crippen molar-refractivity contribution in [3.8, 4) is 0 Å². The zero-order valence-corrected chi connectivity index (χ0v) is 13.5. The molecular formula is C18H28O. The van der Waals surface area contributed by atoms with Crippen molar-refractivity contribution in [2.45, 2.75) is 61.0 Å². The summed E-state index contributed by atoms with van der Waals surface area (Å²) in [6, 6.07) is 4.44. The molecule has 2 rings (SSSR count). The van der Waals surface area contributed by atoms with Crippen LogP contribution < -0.4 is 0 Å². The smallest absolute Gasteiger partial charge is 0.0619 e. The maximum absolute atomic E-state index is 10.6. The number of aliphatic hydroxyl groups is 1. The number of aryl methyl sites for hydroxylation is 3. The zero-order chi connectivity index (χ0) is 14.6. The van der Waals surface area contributed by atoms with Gasteiger partial charge in [-0.1, -0.05) is 45.4 Å². The monoisotopic (exact) mass is 260 g/mol. The van der Waals surface area contributed by atoms with Gasteiger partial charge in [-0.15, -0.1) is 0 Å². The van der Waals surface area contributed by atoms with Crippen LogP contribution in [0.15, 0.2) is 12.1 Å². The lowest BCUT2D eigenvalue weighted by atomic mass is 9.92. The third kappa shape index (κ3) is 2.23. The lowest BCUT2D eigenvalue weighted by molar-refractivity contribution is 0.129. The van der Waals surface area contributed by atoms with Crippen LogP contribution in [0.25, 0.3) is 0 Å². The minimum atomic E-state index is -0.231. The molecule has 19 heavy (non-hydrogen) atoms. The van der Waals surface area contributed by atoms with E-state index < -0.39 is 0 Å². The molecule has 0 aliphatic heterocycles. The summed E-state index contributed by atoms with van der Waals surface area (Å²) in [7, 11) is 0. The summed E-state index contributed by atoms with van der Waals surface area (Å²) in [6.45, 7) is 15.5. The molecule has 1 nitrogen and oxygen atoms in total. The topological polar surface area (TPSA) is 20.2 Å². The van der Waals surface area contributed by atoms with Crippen molar-refractivity contribution in [3.05, 3.63) is 34.4 Å². The third-order valence-corrected chi connectivity index (χ3v) is 5.77. The van der Waals surface area contributed by atoms with Crippen LogP contribution in [0, 0.1) is 37.5 Å². The Bertz CT molecular complexity index is 459. The molecule has 0 heterocycles. The predicted octanol–water partition coefficient (Wildman–Crippen LogP) is 4.20. The summed E-state index contributed by atoms with van der Waals surface area (Å²) in [5.41, 5.74) is 5.76. The maximum atomic E-state index is 10.6. The van der Waals surface area contributed by atoms with Crippen LogP contribution in [-0.4, -0.2) is 11.2 Å². The van der Waals surface area contributed by atoms with Crippen molar-refractivity contribution < 1.29 is 5.11 Å². The van der Waals surface area contributed by atoms with Crippen LogP contribution in [0.1, 0.15) is 49.9 Å². The van der Waals surface area contributed by atoms with Crippen molar-refractivity contribution in [1.82, 2.24) is 0 Å². The molecule has 106 valence electrons. The van der Waals surface area contributed by atoms with E-state index in [-0.39, 0.29) is 16.9 Å². The molecule has 1 unspecified atom stereocenters. The summed E-state index contributed by atoms with van der Waals surface area (Å²) in [5, 5.41) is 10.6.